The van der Waals surface area contributed by atoms with E-state index in [0.717, 1.165) is 23.6 Å². The smallest absolute Gasteiger partial charge is 0.334 e. The van der Waals surface area contributed by atoms with E-state index in [-0.39, 0.29) is 18.4 Å². The summed E-state index contributed by atoms with van der Waals surface area (Å²) in [6, 6.07) is 0. The minimum Gasteiger partial charge on any atom is -0.334 e. The number of alkyl halides is 3. The summed E-state index contributed by atoms with van der Waals surface area (Å²) in [4.78, 5) is 19.6. The number of amides is 1. The lowest BCUT2D eigenvalue weighted by molar-refractivity contribution is -0.164. The maximum absolute atomic E-state index is 12.5. The molecule has 0 radical (unpaired) electrons. The van der Waals surface area contributed by atoms with E-state index >= 15 is 0 Å². The van der Waals surface area contributed by atoms with E-state index in [1.54, 1.807) is 12.4 Å². The summed E-state index contributed by atoms with van der Waals surface area (Å²) in [6.45, 7) is 2.52. The zero-order chi connectivity index (χ0) is 16.2. The molecule has 1 aromatic heterocycles. The van der Waals surface area contributed by atoms with Crippen molar-refractivity contribution < 1.29 is 18.0 Å². The Morgan fingerprint density at radius 2 is 2.32 bits per heavy atom. The molecule has 1 atom stereocenters. The summed E-state index contributed by atoms with van der Waals surface area (Å²) in [5, 5.41) is 1.95. The van der Waals surface area contributed by atoms with Crippen molar-refractivity contribution in [2.75, 3.05) is 26.2 Å². The molecule has 1 aromatic rings. The molecule has 1 amide bonds. The van der Waals surface area contributed by atoms with Crippen LogP contribution >= 0.6 is 11.3 Å². The van der Waals surface area contributed by atoms with Gasteiger partial charge in [-0.2, -0.15) is 13.2 Å². The maximum atomic E-state index is 12.5. The molecule has 4 nitrogen and oxygen atoms in total. The van der Waals surface area contributed by atoms with Crippen LogP contribution in [-0.2, 0) is 11.3 Å². The Bertz CT molecular complexity index is 478. The number of thiazole rings is 1. The molecule has 0 aromatic carbocycles. The van der Waals surface area contributed by atoms with E-state index in [0.29, 0.717) is 19.5 Å². The van der Waals surface area contributed by atoms with Gasteiger partial charge in [-0.05, 0) is 26.3 Å². The number of carbonyl (C=O) groups excluding carboxylic acids is 1. The number of hydrogen-bond donors (Lipinski definition) is 0. The van der Waals surface area contributed by atoms with Crippen LogP contribution in [0.4, 0.5) is 13.2 Å². The lowest BCUT2D eigenvalue weighted by atomic mass is 9.96. The fourth-order valence-corrected chi connectivity index (χ4v) is 3.32. The Balaban J connectivity index is 1.94. The Kier molecular flexibility index (Phi) is 5.80. The van der Waals surface area contributed by atoms with Gasteiger partial charge in [-0.1, -0.05) is 0 Å². The summed E-state index contributed by atoms with van der Waals surface area (Å²) >= 11 is 1.51. The highest BCUT2D eigenvalue weighted by Crippen LogP contribution is 2.23. The number of hydrogen-bond acceptors (Lipinski definition) is 4. The van der Waals surface area contributed by atoms with Crippen LogP contribution in [0, 0.1) is 5.92 Å². The van der Waals surface area contributed by atoms with Gasteiger partial charge < -0.3 is 4.90 Å². The quantitative estimate of drug-likeness (QED) is 0.830. The van der Waals surface area contributed by atoms with Crippen molar-refractivity contribution in [3.05, 3.63) is 16.6 Å². The molecule has 22 heavy (non-hydrogen) atoms. The third-order valence-electron chi connectivity index (χ3n) is 3.79. The summed E-state index contributed by atoms with van der Waals surface area (Å²) in [7, 11) is 0. The van der Waals surface area contributed by atoms with Gasteiger partial charge >= 0.3 is 6.18 Å². The highest BCUT2D eigenvalue weighted by molar-refractivity contribution is 7.07. The van der Waals surface area contributed by atoms with Crippen LogP contribution in [0.2, 0.25) is 0 Å². The minimum atomic E-state index is -4.35. The topological polar surface area (TPSA) is 36.4 Å². The molecule has 2 rings (SSSR count). The van der Waals surface area contributed by atoms with Crippen molar-refractivity contribution in [3.63, 3.8) is 0 Å². The summed E-state index contributed by atoms with van der Waals surface area (Å²) in [5.74, 6) is -0.738. The zero-order valence-electron chi connectivity index (χ0n) is 12.5. The normalized spacial score (nSPS) is 20.1. The number of halogens is 3. The fraction of sp³-hybridized carbons (Fsp3) is 0.714. The summed E-state index contributed by atoms with van der Waals surface area (Å²) < 4.78 is 37.6. The lowest BCUT2D eigenvalue weighted by Crippen LogP contribution is -2.47. The summed E-state index contributed by atoms with van der Waals surface area (Å²) in [5.41, 5.74) is 2.70. The van der Waals surface area contributed by atoms with Crippen LogP contribution < -0.4 is 0 Å². The zero-order valence-corrected chi connectivity index (χ0v) is 13.3. The van der Waals surface area contributed by atoms with Gasteiger partial charge in [0.1, 0.15) is 6.54 Å². The Labute approximate surface area is 131 Å². The number of nitrogens with zero attached hydrogens (tertiary/aromatic N) is 3. The standard InChI is InChI=1S/C14H20F3N3OS/c1-2-20(9-14(15,16)17)13(21)11-4-3-5-19(6-11)7-12-8-22-10-18-12/h8,10-11H,2-7,9H2,1H3. The van der Waals surface area contributed by atoms with Crippen LogP contribution in [0.3, 0.4) is 0 Å². The predicted octanol–water partition coefficient (Wildman–Crippen LogP) is 2.77. The van der Waals surface area contributed by atoms with Gasteiger partial charge in [-0.15, -0.1) is 11.3 Å². The van der Waals surface area contributed by atoms with Crippen molar-refractivity contribution >= 4 is 17.2 Å². The van der Waals surface area contributed by atoms with Crippen LogP contribution in [0.5, 0.6) is 0 Å². The number of piperidine rings is 1. The third kappa shape index (κ3) is 4.95. The molecular formula is C14H20F3N3OS. The lowest BCUT2D eigenvalue weighted by Gasteiger charge is -2.34. The number of carbonyl (C=O) groups is 1. The molecule has 0 saturated carbocycles. The fourth-order valence-electron chi connectivity index (χ4n) is 2.77. The molecule has 1 unspecified atom stereocenters. The average molecular weight is 335 g/mol. The van der Waals surface area contributed by atoms with E-state index in [2.05, 4.69) is 9.88 Å². The molecule has 0 N–H and O–H groups in total. The van der Waals surface area contributed by atoms with Crippen molar-refractivity contribution in [1.29, 1.82) is 0 Å². The molecule has 0 spiro atoms. The largest absolute Gasteiger partial charge is 0.406 e. The van der Waals surface area contributed by atoms with Gasteiger partial charge in [0.2, 0.25) is 5.91 Å². The molecule has 8 heteroatoms. The first-order chi connectivity index (χ1) is 10.4. The second-order valence-electron chi connectivity index (χ2n) is 5.52. The molecular weight excluding hydrogens is 315 g/mol. The van der Waals surface area contributed by atoms with Crippen molar-refractivity contribution in [2.24, 2.45) is 5.92 Å². The second-order valence-corrected chi connectivity index (χ2v) is 6.24. The van der Waals surface area contributed by atoms with Crippen LogP contribution in [0.1, 0.15) is 25.5 Å². The Hall–Kier alpha value is -1.15. The molecule has 1 aliphatic rings. The van der Waals surface area contributed by atoms with E-state index in [4.69, 9.17) is 0 Å². The Morgan fingerprint density at radius 1 is 1.55 bits per heavy atom. The van der Waals surface area contributed by atoms with Gasteiger partial charge in [0.15, 0.2) is 0 Å². The minimum absolute atomic E-state index is 0.0843. The van der Waals surface area contributed by atoms with Crippen molar-refractivity contribution in [2.45, 2.75) is 32.5 Å². The van der Waals surface area contributed by atoms with Gasteiger partial charge in [-0.25, -0.2) is 4.98 Å². The second kappa shape index (κ2) is 7.41. The molecule has 2 heterocycles. The first-order valence-corrected chi connectivity index (χ1v) is 8.28. The maximum Gasteiger partial charge on any atom is 0.406 e. The third-order valence-corrected chi connectivity index (χ3v) is 4.42. The van der Waals surface area contributed by atoms with Crippen LogP contribution in [0.15, 0.2) is 10.9 Å². The average Bonchev–Trinajstić information content (AvgIpc) is 2.96. The highest BCUT2D eigenvalue weighted by atomic mass is 32.1. The number of aromatic nitrogens is 1. The summed E-state index contributed by atoms with van der Waals surface area (Å²) in [6.07, 6.45) is -2.87. The molecule has 1 saturated heterocycles. The van der Waals surface area contributed by atoms with E-state index in [1.807, 2.05) is 5.38 Å². The molecule has 124 valence electrons. The first-order valence-electron chi connectivity index (χ1n) is 7.34. The van der Waals surface area contributed by atoms with Crippen molar-refractivity contribution in [1.82, 2.24) is 14.8 Å². The van der Waals surface area contributed by atoms with E-state index in [1.165, 1.54) is 11.3 Å². The molecule has 1 aliphatic heterocycles. The van der Waals surface area contributed by atoms with Crippen LogP contribution in [0.25, 0.3) is 0 Å². The molecule has 1 fully saturated rings. The Morgan fingerprint density at radius 3 is 2.91 bits per heavy atom. The van der Waals surface area contributed by atoms with Gasteiger partial charge in [0, 0.05) is 25.0 Å². The highest BCUT2D eigenvalue weighted by Gasteiger charge is 2.36. The number of rotatable bonds is 5. The van der Waals surface area contributed by atoms with Gasteiger partial charge in [-0.3, -0.25) is 9.69 Å². The van der Waals surface area contributed by atoms with E-state index < -0.39 is 12.7 Å². The number of likely N-dealkylation sites (tertiary alicyclic amines) is 1. The van der Waals surface area contributed by atoms with Gasteiger partial charge in [0.25, 0.3) is 0 Å². The molecule has 0 bridgehead atoms. The SMILES string of the molecule is CCN(CC(F)(F)F)C(=O)C1CCCN(Cc2cscn2)C1. The predicted molar refractivity (Wildman–Crippen MR) is 78.4 cm³/mol. The van der Waals surface area contributed by atoms with E-state index in [9.17, 15) is 18.0 Å². The van der Waals surface area contributed by atoms with Crippen molar-refractivity contribution in [3.8, 4) is 0 Å². The molecule has 0 aliphatic carbocycles. The van der Waals surface area contributed by atoms with Gasteiger partial charge in [0.05, 0.1) is 17.1 Å². The monoisotopic (exact) mass is 335 g/mol. The first kappa shape index (κ1) is 17.2. The van der Waals surface area contributed by atoms with Crippen LogP contribution in [-0.4, -0.2) is 53.0 Å².